The Hall–Kier alpha value is -3.67. The number of hydrogen-bond donors (Lipinski definition) is 1. The summed E-state index contributed by atoms with van der Waals surface area (Å²) < 4.78 is 21.9. The molecule has 0 saturated carbocycles. The molecule has 0 aliphatic carbocycles. The van der Waals surface area contributed by atoms with Crippen LogP contribution >= 0.6 is 0 Å². The first-order valence-electron chi connectivity index (χ1n) is 9.70. The van der Waals surface area contributed by atoms with Gasteiger partial charge in [-0.2, -0.15) is 5.10 Å². The first-order valence-corrected chi connectivity index (χ1v) is 9.70. The number of benzene rings is 3. The highest BCUT2D eigenvalue weighted by Crippen LogP contribution is 2.21. The van der Waals surface area contributed by atoms with Gasteiger partial charge in [0.2, 0.25) is 0 Å². The van der Waals surface area contributed by atoms with Gasteiger partial charge in [0.15, 0.2) is 0 Å². The van der Waals surface area contributed by atoms with Gasteiger partial charge in [0.25, 0.3) is 0 Å². The molecular weight excluding hydrogens is 383 g/mol. The van der Waals surface area contributed by atoms with Crippen LogP contribution in [0.3, 0.4) is 0 Å². The van der Waals surface area contributed by atoms with Crippen LogP contribution < -0.4 is 4.74 Å². The maximum absolute atomic E-state index is 14.2. The molecule has 1 aromatic heterocycles. The summed E-state index contributed by atoms with van der Waals surface area (Å²) in [7, 11) is 0. The first-order chi connectivity index (χ1) is 14.6. The predicted octanol–water partition coefficient (Wildman–Crippen LogP) is 4.82. The number of aromatic nitrogens is 2. The molecule has 0 amide bonds. The molecule has 0 spiro atoms. The second-order valence-electron chi connectivity index (χ2n) is 7.12. The number of carboxylic acids is 1. The maximum atomic E-state index is 14.2. The van der Waals surface area contributed by atoms with Crippen molar-refractivity contribution >= 4 is 16.9 Å². The van der Waals surface area contributed by atoms with Crippen LogP contribution in [0.25, 0.3) is 10.9 Å². The van der Waals surface area contributed by atoms with E-state index >= 15 is 0 Å². The standard InChI is InChI=1S/C24H21FN2O3/c25-22-13-21(10-8-19(22)9-11-24(28)29)30-16-18-6-7-20-14-26-27(23(20)12-18)15-17-4-2-1-3-5-17/h1-8,10,12-14H,9,11,15-16H2,(H,28,29). The largest absolute Gasteiger partial charge is 0.489 e. The Kier molecular flexibility index (Phi) is 5.75. The van der Waals surface area contributed by atoms with E-state index in [9.17, 15) is 9.18 Å². The number of fused-ring (bicyclic) bond motifs is 1. The fraction of sp³-hybridized carbons (Fsp3) is 0.167. The fourth-order valence-electron chi connectivity index (χ4n) is 3.32. The normalized spacial score (nSPS) is 11.0. The lowest BCUT2D eigenvalue weighted by atomic mass is 10.1. The quantitative estimate of drug-likeness (QED) is 0.457. The summed E-state index contributed by atoms with van der Waals surface area (Å²) in [6, 6.07) is 20.7. The van der Waals surface area contributed by atoms with Crippen LogP contribution in [0.4, 0.5) is 4.39 Å². The van der Waals surface area contributed by atoms with E-state index in [0.717, 1.165) is 16.5 Å². The maximum Gasteiger partial charge on any atom is 0.303 e. The minimum absolute atomic E-state index is 0.103. The van der Waals surface area contributed by atoms with Crippen molar-refractivity contribution in [2.45, 2.75) is 26.0 Å². The molecule has 0 bridgehead atoms. The van der Waals surface area contributed by atoms with Crippen molar-refractivity contribution in [1.29, 1.82) is 0 Å². The summed E-state index contributed by atoms with van der Waals surface area (Å²) in [5, 5.41) is 14.3. The lowest BCUT2D eigenvalue weighted by molar-refractivity contribution is -0.136. The number of aliphatic carboxylic acids is 1. The molecule has 5 nitrogen and oxygen atoms in total. The van der Waals surface area contributed by atoms with E-state index in [4.69, 9.17) is 9.84 Å². The van der Waals surface area contributed by atoms with Crippen molar-refractivity contribution in [3.8, 4) is 5.75 Å². The minimum atomic E-state index is -0.948. The average molecular weight is 404 g/mol. The summed E-state index contributed by atoms with van der Waals surface area (Å²) in [6.45, 7) is 0.970. The second-order valence-corrected chi connectivity index (χ2v) is 7.12. The third kappa shape index (κ3) is 4.66. The number of carbonyl (C=O) groups is 1. The molecule has 3 aromatic carbocycles. The van der Waals surface area contributed by atoms with E-state index in [0.29, 0.717) is 24.5 Å². The van der Waals surface area contributed by atoms with Gasteiger partial charge in [0.05, 0.1) is 18.3 Å². The van der Waals surface area contributed by atoms with Gasteiger partial charge in [-0.25, -0.2) is 4.39 Å². The molecule has 0 fully saturated rings. The van der Waals surface area contributed by atoms with Gasteiger partial charge in [-0.1, -0.05) is 48.5 Å². The number of aryl methyl sites for hydroxylation is 1. The van der Waals surface area contributed by atoms with Gasteiger partial charge in [-0.15, -0.1) is 0 Å². The molecular formula is C24H21FN2O3. The lowest BCUT2D eigenvalue weighted by Crippen LogP contribution is -2.02. The van der Waals surface area contributed by atoms with E-state index in [1.807, 2.05) is 47.3 Å². The number of ether oxygens (including phenoxy) is 1. The highest BCUT2D eigenvalue weighted by atomic mass is 19.1. The van der Waals surface area contributed by atoms with Crippen LogP contribution in [-0.4, -0.2) is 20.9 Å². The fourth-order valence-corrected chi connectivity index (χ4v) is 3.32. The van der Waals surface area contributed by atoms with E-state index in [-0.39, 0.29) is 12.8 Å². The predicted molar refractivity (Wildman–Crippen MR) is 112 cm³/mol. The lowest BCUT2D eigenvalue weighted by Gasteiger charge is -2.09. The van der Waals surface area contributed by atoms with Gasteiger partial charge < -0.3 is 9.84 Å². The molecule has 0 atom stereocenters. The SMILES string of the molecule is O=C(O)CCc1ccc(OCc2ccc3cnn(Cc4ccccc4)c3c2)cc1F. The van der Waals surface area contributed by atoms with Crippen LogP contribution in [0.2, 0.25) is 0 Å². The van der Waals surface area contributed by atoms with Crippen molar-refractivity contribution < 1.29 is 19.0 Å². The number of hydrogen-bond acceptors (Lipinski definition) is 3. The molecule has 0 radical (unpaired) electrons. The Morgan fingerprint density at radius 3 is 2.63 bits per heavy atom. The summed E-state index contributed by atoms with van der Waals surface area (Å²) >= 11 is 0. The van der Waals surface area contributed by atoms with Crippen molar-refractivity contribution in [3.63, 3.8) is 0 Å². The molecule has 6 heteroatoms. The second kappa shape index (κ2) is 8.78. The topological polar surface area (TPSA) is 64.3 Å². The number of halogens is 1. The van der Waals surface area contributed by atoms with Crippen LogP contribution in [0, 0.1) is 5.82 Å². The zero-order valence-corrected chi connectivity index (χ0v) is 16.3. The highest BCUT2D eigenvalue weighted by Gasteiger charge is 2.08. The molecule has 0 aliphatic rings. The molecule has 1 N–H and O–H groups in total. The van der Waals surface area contributed by atoms with Crippen molar-refractivity contribution in [2.75, 3.05) is 0 Å². The third-order valence-electron chi connectivity index (χ3n) is 4.92. The zero-order chi connectivity index (χ0) is 20.9. The van der Waals surface area contributed by atoms with E-state index < -0.39 is 11.8 Å². The van der Waals surface area contributed by atoms with Gasteiger partial charge in [-0.3, -0.25) is 9.48 Å². The Balaban J connectivity index is 1.46. The molecule has 1 heterocycles. The Morgan fingerprint density at radius 1 is 1.03 bits per heavy atom. The van der Waals surface area contributed by atoms with Gasteiger partial charge in [0.1, 0.15) is 18.2 Å². The summed E-state index contributed by atoms with van der Waals surface area (Å²) in [5.41, 5.74) is 3.50. The Morgan fingerprint density at radius 2 is 1.87 bits per heavy atom. The van der Waals surface area contributed by atoms with Crippen LogP contribution in [0.15, 0.2) is 72.9 Å². The summed E-state index contributed by atoms with van der Waals surface area (Å²) in [4.78, 5) is 10.7. The molecule has 0 saturated heterocycles. The number of nitrogens with zero attached hydrogens (tertiary/aromatic N) is 2. The van der Waals surface area contributed by atoms with Crippen LogP contribution in [0.1, 0.15) is 23.1 Å². The molecule has 4 rings (SSSR count). The van der Waals surface area contributed by atoms with Crippen LogP contribution in [0.5, 0.6) is 5.75 Å². The molecule has 0 unspecified atom stereocenters. The molecule has 4 aromatic rings. The van der Waals surface area contributed by atoms with Gasteiger partial charge in [0, 0.05) is 17.9 Å². The summed E-state index contributed by atoms with van der Waals surface area (Å²) in [5.74, 6) is -0.994. The average Bonchev–Trinajstić information content (AvgIpc) is 3.14. The molecule has 0 aliphatic heterocycles. The number of carboxylic acid groups (broad SMARTS) is 1. The van der Waals surface area contributed by atoms with E-state index in [2.05, 4.69) is 17.2 Å². The minimum Gasteiger partial charge on any atom is -0.489 e. The van der Waals surface area contributed by atoms with Gasteiger partial charge in [-0.05, 0) is 35.2 Å². The first kappa shape index (κ1) is 19.6. The molecule has 152 valence electrons. The highest BCUT2D eigenvalue weighted by molar-refractivity contribution is 5.79. The zero-order valence-electron chi connectivity index (χ0n) is 16.3. The number of rotatable bonds is 8. The molecule has 30 heavy (non-hydrogen) atoms. The van der Waals surface area contributed by atoms with Crippen molar-refractivity contribution in [1.82, 2.24) is 9.78 Å². The monoisotopic (exact) mass is 404 g/mol. The van der Waals surface area contributed by atoms with Crippen molar-refractivity contribution in [2.24, 2.45) is 0 Å². The summed E-state index contributed by atoms with van der Waals surface area (Å²) in [6.07, 6.45) is 1.89. The Bertz CT molecular complexity index is 1170. The Labute approximate surface area is 173 Å². The van der Waals surface area contributed by atoms with Gasteiger partial charge >= 0.3 is 5.97 Å². The van der Waals surface area contributed by atoms with E-state index in [1.54, 1.807) is 12.1 Å². The third-order valence-corrected chi connectivity index (χ3v) is 4.92. The van der Waals surface area contributed by atoms with Crippen LogP contribution in [-0.2, 0) is 24.4 Å². The van der Waals surface area contributed by atoms with E-state index in [1.165, 1.54) is 11.6 Å². The smallest absolute Gasteiger partial charge is 0.303 e. The van der Waals surface area contributed by atoms with Crippen molar-refractivity contribution in [3.05, 3.63) is 95.4 Å².